The summed E-state index contributed by atoms with van der Waals surface area (Å²) in [4.78, 5) is 0. The van der Waals surface area contributed by atoms with Gasteiger partial charge in [-0.05, 0) is 126 Å². The van der Waals surface area contributed by atoms with Crippen LogP contribution in [0.2, 0.25) is 0 Å². The molecule has 0 aliphatic carbocycles. The van der Waals surface area contributed by atoms with Crippen LogP contribution in [-0.2, 0) is 0 Å². The third-order valence-corrected chi connectivity index (χ3v) is 11.0. The second-order valence-electron chi connectivity index (χ2n) is 14.4. The van der Waals surface area contributed by atoms with Crippen molar-refractivity contribution >= 4 is 23.1 Å². The molecule has 9 aromatic carbocycles. The van der Waals surface area contributed by atoms with Gasteiger partial charge in [0.05, 0.1) is 0 Å². The minimum atomic E-state index is -0.0940. The molecule has 0 saturated carbocycles. The third kappa shape index (κ3) is 6.32. The maximum atomic E-state index is 6.63. The van der Waals surface area contributed by atoms with E-state index in [9.17, 15) is 0 Å². The van der Waals surface area contributed by atoms with E-state index in [1.165, 1.54) is 72.2 Å². The number of benzene rings is 9. The highest BCUT2D eigenvalue weighted by atomic mass is 16.5. The number of rotatable bonds is 7. The summed E-state index contributed by atoms with van der Waals surface area (Å²) in [6, 6.07) is 81.1. The molecule has 0 fully saturated rings. The van der Waals surface area contributed by atoms with Crippen molar-refractivity contribution in [1.82, 2.24) is 0 Å². The fourth-order valence-electron chi connectivity index (χ4n) is 8.36. The van der Waals surface area contributed by atoms with E-state index in [2.05, 4.69) is 224 Å². The molecule has 1 aliphatic rings. The molecule has 0 N–H and O–H groups in total. The van der Waals surface area contributed by atoms with Crippen LogP contribution in [-0.4, -0.2) is 6.71 Å². The van der Waals surface area contributed by atoms with Gasteiger partial charge in [0.1, 0.15) is 11.5 Å². The molecule has 0 spiro atoms. The Balaban J connectivity index is 1.30. The van der Waals surface area contributed by atoms with Gasteiger partial charge in [-0.3, -0.25) is 0 Å². The molecule has 1 nitrogen and oxygen atoms in total. The van der Waals surface area contributed by atoms with Crippen LogP contribution in [0.4, 0.5) is 0 Å². The Hall–Kier alpha value is -7.16. The molecular weight excluding hydrogens is 675 g/mol. The van der Waals surface area contributed by atoms with Crippen molar-refractivity contribution < 1.29 is 4.74 Å². The summed E-state index contributed by atoms with van der Waals surface area (Å²) in [6.45, 7) is -0.0940. The first-order valence-corrected chi connectivity index (χ1v) is 19.3. The Morgan fingerprint density at radius 1 is 0.250 bits per heavy atom. The Kier molecular flexibility index (Phi) is 8.70. The van der Waals surface area contributed by atoms with Crippen molar-refractivity contribution in [3.05, 3.63) is 224 Å². The predicted molar refractivity (Wildman–Crippen MR) is 237 cm³/mol. The first-order chi connectivity index (χ1) is 27.8. The van der Waals surface area contributed by atoms with Gasteiger partial charge in [-0.15, -0.1) is 0 Å². The van der Waals surface area contributed by atoms with Gasteiger partial charge in [0, 0.05) is 0 Å². The zero-order chi connectivity index (χ0) is 37.3. The Labute approximate surface area is 329 Å². The highest BCUT2D eigenvalue weighted by Gasteiger charge is 2.35. The van der Waals surface area contributed by atoms with Gasteiger partial charge in [0.15, 0.2) is 0 Å². The molecule has 0 amide bonds. The minimum Gasteiger partial charge on any atom is -0.458 e. The lowest BCUT2D eigenvalue weighted by molar-refractivity contribution is 0.487. The summed E-state index contributed by atoms with van der Waals surface area (Å²) < 4.78 is 6.63. The first-order valence-electron chi connectivity index (χ1n) is 19.3. The molecule has 0 aromatic heterocycles. The Morgan fingerprint density at radius 2 is 0.554 bits per heavy atom. The molecule has 9 aromatic rings. The normalized spacial score (nSPS) is 11.7. The van der Waals surface area contributed by atoms with Crippen molar-refractivity contribution in [1.29, 1.82) is 0 Å². The lowest BCUT2D eigenvalue weighted by Gasteiger charge is -2.30. The fraction of sp³-hybridized carbons (Fsp3) is 0. The summed E-state index contributed by atoms with van der Waals surface area (Å²) in [5.41, 5.74) is 17.8. The first kappa shape index (κ1) is 33.4. The molecule has 0 atom stereocenters. The van der Waals surface area contributed by atoms with E-state index < -0.39 is 0 Å². The molecule has 0 bridgehead atoms. The molecular formula is C54H37BO. The SMILES string of the molecule is c1ccc(-c2cc(-c3ccccc3)cc(-c3cccc(-c4cc(-c5ccccc5)cc(-c5ccccc5)c4)c3B3c4ccccc4Oc4ccccc43)c2)cc1. The summed E-state index contributed by atoms with van der Waals surface area (Å²) in [6.07, 6.45) is 0. The summed E-state index contributed by atoms with van der Waals surface area (Å²) >= 11 is 0. The summed E-state index contributed by atoms with van der Waals surface area (Å²) in [7, 11) is 0. The smallest absolute Gasteiger partial charge is 0.252 e. The third-order valence-electron chi connectivity index (χ3n) is 11.0. The van der Waals surface area contributed by atoms with Crippen LogP contribution in [0.5, 0.6) is 11.5 Å². The van der Waals surface area contributed by atoms with Crippen LogP contribution in [0.25, 0.3) is 66.8 Å². The quantitative estimate of drug-likeness (QED) is 0.150. The average Bonchev–Trinajstić information content (AvgIpc) is 3.29. The van der Waals surface area contributed by atoms with Crippen LogP contribution in [0.1, 0.15) is 0 Å². The van der Waals surface area contributed by atoms with E-state index in [4.69, 9.17) is 4.74 Å². The number of fused-ring (bicyclic) bond motifs is 2. The molecule has 2 heteroatoms. The predicted octanol–water partition coefficient (Wildman–Crippen LogP) is 12.3. The fourth-order valence-corrected chi connectivity index (χ4v) is 8.36. The van der Waals surface area contributed by atoms with Gasteiger partial charge in [-0.1, -0.05) is 181 Å². The second-order valence-corrected chi connectivity index (χ2v) is 14.4. The van der Waals surface area contributed by atoms with Gasteiger partial charge >= 0.3 is 0 Å². The van der Waals surface area contributed by atoms with Crippen LogP contribution >= 0.6 is 0 Å². The van der Waals surface area contributed by atoms with E-state index in [0.29, 0.717) is 0 Å². The lowest BCUT2D eigenvalue weighted by atomic mass is 9.34. The van der Waals surface area contributed by atoms with Gasteiger partial charge in [0.2, 0.25) is 0 Å². The van der Waals surface area contributed by atoms with Crippen LogP contribution in [0, 0.1) is 0 Å². The molecule has 1 heterocycles. The molecule has 10 rings (SSSR count). The topological polar surface area (TPSA) is 9.23 Å². The standard InChI is InChI=1S/C54H37BO/c1-5-18-38(19-6-1)42-32-43(39-20-7-2-8-21-39)35-46(34-42)48-26-17-27-49(54(48)55-50-28-13-15-30-52(50)56-53-31-16-14-29-51(53)55)47-36-44(40-22-9-3-10-23-40)33-45(37-47)41-24-11-4-12-25-41/h1-37H. The van der Waals surface area contributed by atoms with Crippen LogP contribution in [0.15, 0.2) is 224 Å². The van der Waals surface area contributed by atoms with Crippen LogP contribution in [0.3, 0.4) is 0 Å². The lowest BCUT2D eigenvalue weighted by Crippen LogP contribution is -2.56. The van der Waals surface area contributed by atoms with Crippen LogP contribution < -0.4 is 21.1 Å². The maximum Gasteiger partial charge on any atom is 0.252 e. The Bertz CT molecular complexity index is 2510. The van der Waals surface area contributed by atoms with Crippen molar-refractivity contribution in [2.24, 2.45) is 0 Å². The molecule has 56 heavy (non-hydrogen) atoms. The van der Waals surface area contributed by atoms with Gasteiger partial charge < -0.3 is 4.74 Å². The molecule has 1 aliphatic heterocycles. The molecule has 262 valence electrons. The van der Waals surface area contributed by atoms with Gasteiger partial charge in [0.25, 0.3) is 6.71 Å². The number of hydrogen-bond donors (Lipinski definition) is 0. The number of ether oxygens (including phenoxy) is 1. The molecule has 0 saturated heterocycles. The highest BCUT2D eigenvalue weighted by molar-refractivity contribution is 6.98. The Morgan fingerprint density at radius 3 is 0.911 bits per heavy atom. The van der Waals surface area contributed by atoms with E-state index in [1.54, 1.807) is 0 Å². The summed E-state index contributed by atoms with van der Waals surface area (Å²) in [5, 5.41) is 0. The number of hydrogen-bond acceptors (Lipinski definition) is 1. The van der Waals surface area contributed by atoms with Gasteiger partial charge in [-0.2, -0.15) is 0 Å². The van der Waals surface area contributed by atoms with E-state index >= 15 is 0 Å². The van der Waals surface area contributed by atoms with E-state index in [1.807, 2.05) is 0 Å². The van der Waals surface area contributed by atoms with Gasteiger partial charge in [-0.25, -0.2) is 0 Å². The monoisotopic (exact) mass is 712 g/mol. The minimum absolute atomic E-state index is 0.0940. The zero-order valence-corrected chi connectivity index (χ0v) is 30.8. The molecule has 0 radical (unpaired) electrons. The van der Waals surface area contributed by atoms with Crippen molar-refractivity contribution in [3.63, 3.8) is 0 Å². The van der Waals surface area contributed by atoms with Crippen molar-refractivity contribution in [2.75, 3.05) is 0 Å². The second kappa shape index (κ2) is 14.6. The average molecular weight is 713 g/mol. The summed E-state index contributed by atoms with van der Waals surface area (Å²) in [5.74, 6) is 1.78. The highest BCUT2D eigenvalue weighted by Crippen LogP contribution is 2.38. The van der Waals surface area contributed by atoms with E-state index in [-0.39, 0.29) is 6.71 Å². The van der Waals surface area contributed by atoms with Crippen molar-refractivity contribution in [3.8, 4) is 78.3 Å². The molecule has 0 unspecified atom stereocenters. The maximum absolute atomic E-state index is 6.63. The number of para-hydroxylation sites is 2. The van der Waals surface area contributed by atoms with E-state index in [0.717, 1.165) is 22.4 Å². The zero-order valence-electron chi connectivity index (χ0n) is 30.8. The van der Waals surface area contributed by atoms with Crippen molar-refractivity contribution in [2.45, 2.75) is 0 Å². The largest absolute Gasteiger partial charge is 0.458 e.